The Morgan fingerprint density at radius 3 is 2.30 bits per heavy atom. The van der Waals surface area contributed by atoms with Gasteiger partial charge in [0.15, 0.2) is 11.6 Å². The number of amides is 1. The molecule has 0 saturated heterocycles. The van der Waals surface area contributed by atoms with Gasteiger partial charge in [-0.25, -0.2) is 18.9 Å². The number of carbonyl (C=O) groups excluding carboxylic acids is 1. The van der Waals surface area contributed by atoms with Crippen molar-refractivity contribution in [2.75, 3.05) is 24.7 Å². The van der Waals surface area contributed by atoms with Gasteiger partial charge in [-0.1, -0.05) is 46.2 Å². The van der Waals surface area contributed by atoms with E-state index in [-0.39, 0.29) is 12.2 Å². The van der Waals surface area contributed by atoms with E-state index in [4.69, 9.17) is 24.3 Å². The third kappa shape index (κ3) is 8.37. The van der Waals surface area contributed by atoms with Gasteiger partial charge in [0.2, 0.25) is 0 Å². The van der Waals surface area contributed by atoms with Crippen LogP contribution >= 0.6 is 0 Å². The lowest BCUT2D eigenvalue weighted by atomic mass is 9.87. The van der Waals surface area contributed by atoms with Crippen molar-refractivity contribution in [1.29, 1.82) is 0 Å². The number of anilines is 1. The van der Waals surface area contributed by atoms with Gasteiger partial charge in [0, 0.05) is 53.2 Å². The first kappa shape index (κ1) is 35.8. The van der Waals surface area contributed by atoms with Crippen LogP contribution in [0.1, 0.15) is 52.3 Å². The number of halogens is 1. The van der Waals surface area contributed by atoms with E-state index in [1.165, 1.54) is 28.6 Å². The highest BCUT2D eigenvalue weighted by Crippen LogP contribution is 2.60. The molecule has 2 atom stereocenters. The Labute approximate surface area is 282 Å². The molecule has 2 heterocycles. The fourth-order valence-electron chi connectivity index (χ4n) is 6.33. The normalized spacial score (nSPS) is 19.5. The van der Waals surface area contributed by atoms with Gasteiger partial charge in [-0.2, -0.15) is 5.10 Å². The van der Waals surface area contributed by atoms with Crippen molar-refractivity contribution in [2.45, 2.75) is 124 Å². The molecule has 9 nitrogen and oxygen atoms in total. The third-order valence-corrected chi connectivity index (χ3v) is 12.8. The van der Waals surface area contributed by atoms with Gasteiger partial charge < -0.3 is 14.2 Å². The quantitative estimate of drug-likeness (QED) is 0.132. The zero-order chi connectivity index (χ0) is 34.5. The summed E-state index contributed by atoms with van der Waals surface area (Å²) in [5.74, 6) is 0.699. The molecule has 0 unspecified atom stereocenters. The monoisotopic (exact) mass is 685 g/mol. The molecule has 0 N–H and O–H groups in total. The van der Waals surface area contributed by atoms with Gasteiger partial charge in [0.1, 0.15) is 30.3 Å². The van der Waals surface area contributed by atoms with Crippen molar-refractivity contribution in [2.24, 2.45) is 11.3 Å². The maximum Gasteiger partial charge on any atom is 0.414 e. The van der Waals surface area contributed by atoms with Crippen LogP contribution in [-0.2, 0) is 40.5 Å². The summed E-state index contributed by atoms with van der Waals surface area (Å²) in [6.07, 6.45) is 2.55. The lowest BCUT2D eigenvalue weighted by molar-refractivity contribution is 0.0582. The topological polar surface area (TPSA) is 83.6 Å². The van der Waals surface area contributed by atoms with Crippen LogP contribution in [-0.4, -0.2) is 66.9 Å². The second-order valence-electron chi connectivity index (χ2n) is 17.3. The van der Waals surface area contributed by atoms with Crippen LogP contribution in [0.25, 0.3) is 22.6 Å². The number of carbonyl (C=O) groups is 1. The van der Waals surface area contributed by atoms with Crippen molar-refractivity contribution in [1.82, 2.24) is 19.3 Å². The maximum atomic E-state index is 16.0. The second kappa shape index (κ2) is 13.1. The van der Waals surface area contributed by atoms with Crippen LogP contribution in [0.2, 0.25) is 51.4 Å². The Morgan fingerprint density at radius 1 is 1.06 bits per heavy atom. The molecule has 260 valence electrons. The van der Waals surface area contributed by atoms with Gasteiger partial charge in [-0.05, 0) is 76.4 Å². The van der Waals surface area contributed by atoms with Crippen LogP contribution in [0.15, 0.2) is 12.1 Å². The smallest absolute Gasteiger partial charge is 0.414 e. The maximum absolute atomic E-state index is 16.0. The average molecular weight is 686 g/mol. The highest BCUT2D eigenvalue weighted by molar-refractivity contribution is 6.76. The van der Waals surface area contributed by atoms with E-state index in [9.17, 15) is 4.79 Å². The van der Waals surface area contributed by atoms with Gasteiger partial charge in [0.25, 0.3) is 0 Å². The molecular weight excluding hydrogens is 630 g/mol. The van der Waals surface area contributed by atoms with Crippen molar-refractivity contribution in [3.63, 3.8) is 0 Å². The molecule has 1 saturated carbocycles. The summed E-state index contributed by atoms with van der Waals surface area (Å²) < 4.78 is 38.1. The Balaban J connectivity index is 1.58. The average Bonchev–Trinajstić information content (AvgIpc) is 3.28. The van der Waals surface area contributed by atoms with Gasteiger partial charge in [-0.3, -0.25) is 9.47 Å². The third-order valence-electron chi connectivity index (χ3n) is 9.40. The molecule has 12 heteroatoms. The molecule has 0 bridgehead atoms. The molecule has 1 fully saturated rings. The molecule has 2 aromatic heterocycles. The lowest BCUT2D eigenvalue weighted by Gasteiger charge is -2.26. The summed E-state index contributed by atoms with van der Waals surface area (Å²) in [4.78, 5) is 19.5. The van der Waals surface area contributed by atoms with Gasteiger partial charge in [-0.15, -0.1) is 0 Å². The predicted octanol–water partition coefficient (Wildman–Crippen LogP) is 8.55. The minimum atomic E-state index is -1.33. The van der Waals surface area contributed by atoms with Gasteiger partial charge >= 0.3 is 6.09 Å². The van der Waals surface area contributed by atoms with Crippen LogP contribution in [0.4, 0.5) is 14.9 Å². The van der Waals surface area contributed by atoms with E-state index < -0.39 is 33.7 Å². The molecule has 3 aromatic rings. The molecule has 1 aromatic carbocycles. The number of benzene rings is 1. The number of ether oxygens (including phenoxy) is 3. The molecule has 2 aliphatic rings. The van der Waals surface area contributed by atoms with Crippen LogP contribution in [0, 0.1) is 17.2 Å². The largest absolute Gasteiger partial charge is 0.443 e. The van der Waals surface area contributed by atoms with E-state index in [1.54, 1.807) is 0 Å². The summed E-state index contributed by atoms with van der Waals surface area (Å²) >= 11 is 0. The van der Waals surface area contributed by atoms with Crippen molar-refractivity contribution in [3.05, 3.63) is 29.2 Å². The number of hydrogen-bond donors (Lipinski definition) is 0. The highest BCUT2D eigenvalue weighted by atomic mass is 28.3. The van der Waals surface area contributed by atoms with E-state index >= 15 is 4.39 Å². The SMILES string of the molecule is CCN(C(=O)OC(C)(C)C)c1cc(F)c2nc(-c3nn(COCC[Si](C)(C)C)c4c3C[C@@H]3C[C@]3(C)C4)n(COCC[Si](C)(C)C)c2c1. The first-order chi connectivity index (χ1) is 21.8. The molecule has 1 amide bonds. The van der Waals surface area contributed by atoms with Crippen LogP contribution in [0.5, 0.6) is 0 Å². The zero-order valence-corrected chi connectivity index (χ0v) is 32.6. The van der Waals surface area contributed by atoms with E-state index in [2.05, 4.69) is 46.2 Å². The molecule has 0 spiro atoms. The van der Waals surface area contributed by atoms with Crippen molar-refractivity contribution in [3.8, 4) is 11.5 Å². The fourth-order valence-corrected chi connectivity index (χ4v) is 7.85. The number of rotatable bonds is 13. The second-order valence-corrected chi connectivity index (χ2v) is 28.5. The number of aromatic nitrogens is 4. The van der Waals surface area contributed by atoms with Gasteiger partial charge in [0.05, 0.1) is 11.2 Å². The Morgan fingerprint density at radius 2 is 1.70 bits per heavy atom. The Kier molecular flexibility index (Phi) is 9.93. The first-order valence-corrected chi connectivity index (χ1v) is 24.6. The minimum Gasteiger partial charge on any atom is -0.443 e. The number of hydrogen-bond acceptors (Lipinski definition) is 6. The molecule has 0 radical (unpaired) electrons. The first-order valence-electron chi connectivity index (χ1n) is 17.2. The van der Waals surface area contributed by atoms with E-state index in [1.807, 2.05) is 43.0 Å². The summed E-state index contributed by atoms with van der Waals surface area (Å²) in [6.45, 7) is 25.9. The summed E-state index contributed by atoms with van der Waals surface area (Å²) in [5.41, 5.74) is 3.98. The summed E-state index contributed by atoms with van der Waals surface area (Å²) in [5, 5.41) is 5.14. The van der Waals surface area contributed by atoms with Crippen LogP contribution < -0.4 is 4.90 Å². The molecular formula is C35H56FN5O4Si2. The molecule has 47 heavy (non-hydrogen) atoms. The molecule has 5 rings (SSSR count). The number of imidazole rings is 1. The molecule has 2 aliphatic carbocycles. The Bertz CT molecular complexity index is 1620. The van der Waals surface area contributed by atoms with E-state index in [0.717, 1.165) is 30.6 Å². The Hall–Kier alpha value is -2.55. The fraction of sp³-hybridized carbons (Fsp3) is 0.686. The standard InChI is InChI=1S/C35H56FN5O4Si2/c1-12-39(33(42)45-34(2,3)4)25-18-27(36)31-28(19-25)40(22-43-13-15-46(6,7)8)32(37-31)30-26-17-24-20-35(24,5)21-29(26)41(38-30)23-44-14-16-47(9,10)11/h18-19,24H,12-17,20-23H2,1-11H3/t24-,35-/m1/s1. The van der Waals surface area contributed by atoms with Crippen molar-refractivity contribution < 1.29 is 23.4 Å². The number of nitrogens with zero attached hydrogens (tertiary/aromatic N) is 5. The lowest BCUT2D eigenvalue weighted by Crippen LogP contribution is -2.36. The predicted molar refractivity (Wildman–Crippen MR) is 192 cm³/mol. The van der Waals surface area contributed by atoms with Crippen molar-refractivity contribution >= 4 is 39.0 Å². The zero-order valence-electron chi connectivity index (χ0n) is 30.6. The summed E-state index contributed by atoms with van der Waals surface area (Å²) in [7, 11) is -2.56. The molecule has 0 aliphatic heterocycles. The van der Waals surface area contributed by atoms with Crippen LogP contribution in [0.3, 0.4) is 0 Å². The van der Waals surface area contributed by atoms with E-state index in [0.29, 0.717) is 54.9 Å². The number of fused-ring (bicyclic) bond motifs is 3. The minimum absolute atomic E-state index is 0.202. The highest BCUT2D eigenvalue weighted by Gasteiger charge is 2.54. The summed E-state index contributed by atoms with van der Waals surface area (Å²) in [6, 6.07) is 5.30.